The predicted molar refractivity (Wildman–Crippen MR) is 203 cm³/mol. The number of aromatic nitrogens is 2. The molecule has 0 amide bonds. The third-order valence-electron chi connectivity index (χ3n) is 9.73. The van der Waals surface area contributed by atoms with E-state index in [1.807, 2.05) is 60.9 Å². The van der Waals surface area contributed by atoms with E-state index in [1.165, 1.54) is 0 Å². The van der Waals surface area contributed by atoms with Crippen LogP contribution in [0.2, 0.25) is 33.2 Å². The lowest BCUT2D eigenvalue weighted by Crippen LogP contribution is -2.43. The van der Waals surface area contributed by atoms with Crippen LogP contribution in [-0.4, -0.2) is 26.1 Å². The van der Waals surface area contributed by atoms with Crippen LogP contribution < -0.4 is 0 Å². The summed E-state index contributed by atoms with van der Waals surface area (Å²) in [5, 5.41) is 0. The molecule has 0 aliphatic carbocycles. The molecule has 46 heavy (non-hydrogen) atoms. The summed E-state index contributed by atoms with van der Waals surface area (Å²) in [7, 11) is -3.78. The highest BCUT2D eigenvalue weighted by molar-refractivity contribution is 6.91. The van der Waals surface area contributed by atoms with Crippen LogP contribution in [0, 0.1) is 46.6 Å². The van der Waals surface area contributed by atoms with Gasteiger partial charge in [0, 0.05) is 23.5 Å². The minimum Gasteiger partial charge on any atom is -0.246 e. The van der Waals surface area contributed by atoms with Crippen LogP contribution in [0.4, 0.5) is 0 Å². The molecule has 0 saturated carbocycles. The van der Waals surface area contributed by atoms with Gasteiger partial charge in [-0.15, -0.1) is 11.1 Å². The molecule has 0 bridgehead atoms. The Balaban J connectivity index is 2.04. The van der Waals surface area contributed by atoms with Crippen molar-refractivity contribution in [2.45, 2.75) is 116 Å². The average molecular weight is 641 g/mol. The van der Waals surface area contributed by atoms with E-state index in [2.05, 4.69) is 140 Å². The lowest BCUT2D eigenvalue weighted by molar-refractivity contribution is 0.838. The van der Waals surface area contributed by atoms with E-state index in [0.29, 0.717) is 33.2 Å². The summed E-state index contributed by atoms with van der Waals surface area (Å²) in [6.45, 7) is 28.0. The molecule has 0 spiro atoms. The second kappa shape index (κ2) is 16.1. The van der Waals surface area contributed by atoms with Crippen LogP contribution in [0.1, 0.15) is 117 Å². The molecule has 3 rings (SSSR count). The van der Waals surface area contributed by atoms with Crippen LogP contribution in [-0.2, 0) is 0 Å². The quantitative estimate of drug-likeness (QED) is 0.198. The Hall–Kier alpha value is -3.81. The fraction of sp³-hybridized carbons (Fsp3) is 0.429. The van der Waals surface area contributed by atoms with Crippen LogP contribution in [0.5, 0.6) is 0 Å². The number of hydrogen-bond acceptors (Lipinski definition) is 2. The number of benzene rings is 1. The summed E-state index contributed by atoms with van der Waals surface area (Å²) in [5.74, 6) is 20.5. The molecule has 0 N–H and O–H groups in total. The van der Waals surface area contributed by atoms with E-state index >= 15 is 0 Å². The number of pyridine rings is 2. The molecule has 0 saturated heterocycles. The predicted octanol–water partition coefficient (Wildman–Crippen LogP) is 10.4. The molecule has 0 atom stereocenters. The molecular weight excluding hydrogens is 589 g/mol. The Kier molecular flexibility index (Phi) is 12.9. The largest absolute Gasteiger partial charge is 0.246 e. The normalized spacial score (nSPS) is 11.5. The van der Waals surface area contributed by atoms with Crippen molar-refractivity contribution in [1.29, 1.82) is 0 Å². The molecule has 0 unspecified atom stereocenters. The zero-order chi connectivity index (χ0) is 34.1. The van der Waals surface area contributed by atoms with Gasteiger partial charge in [-0.25, -0.2) is 9.97 Å². The van der Waals surface area contributed by atoms with E-state index in [9.17, 15) is 0 Å². The first-order chi connectivity index (χ1) is 21.8. The van der Waals surface area contributed by atoms with Crippen molar-refractivity contribution in [3.8, 4) is 46.6 Å². The maximum absolute atomic E-state index is 4.65. The highest BCUT2D eigenvalue weighted by Crippen LogP contribution is 2.41. The van der Waals surface area contributed by atoms with Crippen molar-refractivity contribution in [3.05, 3.63) is 94.6 Å². The Morgan fingerprint density at radius 1 is 0.391 bits per heavy atom. The zero-order valence-corrected chi connectivity index (χ0v) is 32.1. The maximum atomic E-state index is 4.65. The Labute approximate surface area is 282 Å². The first kappa shape index (κ1) is 36.7. The van der Waals surface area contributed by atoms with Crippen LogP contribution in [0.15, 0.2) is 60.9 Å². The highest BCUT2D eigenvalue weighted by Gasteiger charge is 2.42. The van der Waals surface area contributed by atoms with Gasteiger partial charge in [-0.3, -0.25) is 0 Å². The summed E-state index contributed by atoms with van der Waals surface area (Å²) in [6, 6.07) is 15.9. The van der Waals surface area contributed by atoms with Gasteiger partial charge in [0.25, 0.3) is 0 Å². The summed E-state index contributed by atoms with van der Waals surface area (Å²) < 4.78 is 0. The second-order valence-electron chi connectivity index (χ2n) is 14.1. The molecule has 2 heterocycles. The van der Waals surface area contributed by atoms with Gasteiger partial charge in [0.2, 0.25) is 0 Å². The van der Waals surface area contributed by atoms with Gasteiger partial charge >= 0.3 is 0 Å². The molecule has 2 nitrogen and oxygen atoms in total. The Morgan fingerprint density at radius 2 is 0.674 bits per heavy atom. The van der Waals surface area contributed by atoms with E-state index in [4.69, 9.17) is 0 Å². The molecule has 1 aromatic carbocycles. The first-order valence-electron chi connectivity index (χ1n) is 16.9. The molecule has 3 aromatic rings. The topological polar surface area (TPSA) is 25.8 Å². The summed E-state index contributed by atoms with van der Waals surface area (Å²) in [4.78, 5) is 9.30. The minimum atomic E-state index is -1.89. The second-order valence-corrected chi connectivity index (χ2v) is 25.3. The Bertz CT molecular complexity index is 1580. The number of nitrogens with zero attached hydrogens (tertiary/aromatic N) is 2. The van der Waals surface area contributed by atoms with Crippen molar-refractivity contribution in [3.63, 3.8) is 0 Å². The van der Waals surface area contributed by atoms with Crippen molar-refractivity contribution in [1.82, 2.24) is 9.97 Å². The third-order valence-corrected chi connectivity index (χ3v) is 22.3. The molecular formula is C42H52N2Si2. The molecule has 0 fully saturated rings. The van der Waals surface area contributed by atoms with Crippen molar-refractivity contribution >= 4 is 16.1 Å². The molecule has 0 aliphatic rings. The van der Waals surface area contributed by atoms with Crippen LogP contribution >= 0.6 is 0 Å². The standard InChI is InChI=1S/C42H52N2Si2/c1-31(2)45(32(3)4,33(5)6)29-25-41-39(19-15-27-43-41)23-21-37-17-13-14-18-38(37)22-24-40-20-16-28-44-42(40)26-30-46(34(7)8,35(9)10)36(11)12/h13-20,27-28,31-36H,1-12H3. The minimum absolute atomic E-state index is 0.556. The van der Waals surface area contributed by atoms with Gasteiger partial charge in [-0.2, -0.15) is 0 Å². The van der Waals surface area contributed by atoms with E-state index in [1.54, 1.807) is 0 Å². The smallest absolute Gasteiger partial charge is 0.146 e. The summed E-state index contributed by atoms with van der Waals surface area (Å²) in [6.07, 6.45) is 3.62. The van der Waals surface area contributed by atoms with Gasteiger partial charge in [-0.1, -0.05) is 131 Å². The summed E-state index contributed by atoms with van der Waals surface area (Å²) in [5.41, 5.74) is 15.9. The fourth-order valence-electron chi connectivity index (χ4n) is 7.38. The monoisotopic (exact) mass is 640 g/mol. The van der Waals surface area contributed by atoms with E-state index in [-0.39, 0.29) is 0 Å². The summed E-state index contributed by atoms with van der Waals surface area (Å²) >= 11 is 0. The van der Waals surface area contributed by atoms with Crippen molar-refractivity contribution in [2.24, 2.45) is 0 Å². The van der Waals surface area contributed by atoms with Crippen LogP contribution in [0.3, 0.4) is 0 Å². The zero-order valence-electron chi connectivity index (χ0n) is 30.1. The molecule has 2 aromatic heterocycles. The number of rotatable bonds is 6. The number of hydrogen-bond donors (Lipinski definition) is 0. The van der Waals surface area contributed by atoms with Crippen LogP contribution in [0.25, 0.3) is 0 Å². The first-order valence-corrected chi connectivity index (χ1v) is 21.3. The van der Waals surface area contributed by atoms with E-state index in [0.717, 1.165) is 33.6 Å². The van der Waals surface area contributed by atoms with Gasteiger partial charge in [-0.05, 0) is 69.6 Å². The molecule has 4 heteroatoms. The average Bonchev–Trinajstić information content (AvgIpc) is 3.00. The van der Waals surface area contributed by atoms with Gasteiger partial charge in [0.15, 0.2) is 0 Å². The van der Waals surface area contributed by atoms with E-state index < -0.39 is 16.1 Å². The lowest BCUT2D eigenvalue weighted by Gasteiger charge is -2.38. The molecule has 0 aliphatic heterocycles. The molecule has 238 valence electrons. The van der Waals surface area contributed by atoms with Crippen molar-refractivity contribution in [2.75, 3.05) is 0 Å². The van der Waals surface area contributed by atoms with Gasteiger partial charge in [0.1, 0.15) is 27.5 Å². The van der Waals surface area contributed by atoms with Crippen molar-refractivity contribution < 1.29 is 0 Å². The molecule has 0 radical (unpaired) electrons. The lowest BCUT2D eigenvalue weighted by atomic mass is 10.1. The fourth-order valence-corrected chi connectivity index (χ4v) is 17.8. The third kappa shape index (κ3) is 8.12. The van der Waals surface area contributed by atoms with Gasteiger partial charge < -0.3 is 0 Å². The Morgan fingerprint density at radius 3 is 0.978 bits per heavy atom. The SMILES string of the molecule is CC(C)[Si](C#Cc1ncccc1C#Cc1ccccc1C#Cc1cccnc1C#C[Si](C(C)C)(C(C)C)C(C)C)(C(C)C)C(C)C. The van der Waals surface area contributed by atoms with Gasteiger partial charge in [0.05, 0.1) is 11.1 Å². The highest BCUT2D eigenvalue weighted by atomic mass is 28.3. The maximum Gasteiger partial charge on any atom is 0.146 e.